The maximum atomic E-state index is 10.8. The van der Waals surface area contributed by atoms with E-state index < -0.39 is 0 Å². The van der Waals surface area contributed by atoms with Crippen molar-refractivity contribution in [3.05, 3.63) is 34.0 Å². The molecular formula is C8H12N2O2-2. The molecule has 0 N–H and O–H groups in total. The highest BCUT2D eigenvalue weighted by Gasteiger charge is 2.04. The maximum absolute atomic E-state index is 10.8. The van der Waals surface area contributed by atoms with Crippen molar-refractivity contribution in [2.24, 2.45) is 0 Å². The number of rotatable bonds is 2. The van der Waals surface area contributed by atoms with E-state index in [1.807, 2.05) is 0 Å². The first-order valence-electron chi connectivity index (χ1n) is 3.82. The van der Waals surface area contributed by atoms with Gasteiger partial charge in [0.1, 0.15) is 0 Å². The lowest BCUT2D eigenvalue weighted by atomic mass is 10.1. The van der Waals surface area contributed by atoms with Gasteiger partial charge in [0.25, 0.3) is 0 Å². The Morgan fingerprint density at radius 1 is 1.00 bits per heavy atom. The summed E-state index contributed by atoms with van der Waals surface area (Å²) in [6.07, 6.45) is 4.69. The number of hydrogen-bond acceptors (Lipinski definition) is 4. The van der Waals surface area contributed by atoms with E-state index in [2.05, 4.69) is 0 Å². The molecule has 0 bridgehead atoms. The minimum absolute atomic E-state index is 0.651. The predicted molar refractivity (Wildman–Crippen MR) is 47.7 cm³/mol. The summed E-state index contributed by atoms with van der Waals surface area (Å²) < 4.78 is 0. The van der Waals surface area contributed by atoms with Crippen molar-refractivity contribution in [3.63, 3.8) is 0 Å². The zero-order valence-corrected chi connectivity index (χ0v) is 7.28. The van der Waals surface area contributed by atoms with Gasteiger partial charge in [0.2, 0.25) is 0 Å². The van der Waals surface area contributed by atoms with Crippen LogP contribution in [0, 0.1) is 10.4 Å². The van der Waals surface area contributed by atoms with Crippen molar-refractivity contribution < 1.29 is 0 Å². The second-order valence-corrected chi connectivity index (χ2v) is 2.81. The summed E-state index contributed by atoms with van der Waals surface area (Å²) in [5, 5.41) is 23.3. The first-order valence-corrected chi connectivity index (χ1v) is 3.82. The average molecular weight is 168 g/mol. The second-order valence-electron chi connectivity index (χ2n) is 2.81. The first-order chi connectivity index (χ1) is 5.61. The van der Waals surface area contributed by atoms with Gasteiger partial charge in [-0.2, -0.15) is 0 Å². The molecule has 0 aromatic carbocycles. The fraction of sp³-hybridized carbons (Fsp3) is 0.500. The number of allylic oxidation sites excluding steroid dienone is 4. The lowest BCUT2D eigenvalue weighted by molar-refractivity contribution is 0.491. The lowest BCUT2D eigenvalue weighted by Gasteiger charge is -2.34. The molecule has 1 aliphatic rings. The summed E-state index contributed by atoms with van der Waals surface area (Å²) in [4.78, 5) is 0. The van der Waals surface area contributed by atoms with Crippen LogP contribution in [0.2, 0.25) is 0 Å². The molecule has 0 saturated heterocycles. The molecule has 0 aliphatic heterocycles. The van der Waals surface area contributed by atoms with Crippen LogP contribution in [0.15, 0.2) is 23.5 Å². The van der Waals surface area contributed by atoms with Crippen LogP contribution in [0.25, 0.3) is 0 Å². The zero-order valence-electron chi connectivity index (χ0n) is 7.28. The summed E-state index contributed by atoms with van der Waals surface area (Å²) in [6.45, 7) is 0. The van der Waals surface area contributed by atoms with Crippen molar-refractivity contribution in [2.45, 2.75) is 12.8 Å². The van der Waals surface area contributed by atoms with Gasteiger partial charge in [-0.25, -0.2) is 0 Å². The Morgan fingerprint density at radius 3 is 1.50 bits per heavy atom. The van der Waals surface area contributed by atoms with Crippen LogP contribution in [0.4, 0.5) is 0 Å². The number of hydroxylamine groups is 4. The normalized spacial score (nSPS) is 16.7. The molecule has 0 heterocycles. The number of nitrogens with zero attached hydrogens (tertiary/aromatic N) is 2. The fourth-order valence-electron chi connectivity index (χ4n) is 1.14. The Hall–Kier alpha value is -1.00. The highest BCUT2D eigenvalue weighted by atomic mass is 16.5. The van der Waals surface area contributed by atoms with E-state index in [4.69, 9.17) is 0 Å². The molecule has 0 radical (unpaired) electrons. The molecular weight excluding hydrogens is 156 g/mol. The Balaban J connectivity index is 2.66. The molecule has 4 nitrogen and oxygen atoms in total. The van der Waals surface area contributed by atoms with Gasteiger partial charge in [0, 0.05) is 11.4 Å². The van der Waals surface area contributed by atoms with Crippen molar-refractivity contribution >= 4 is 0 Å². The maximum Gasteiger partial charge on any atom is 0.00280 e. The monoisotopic (exact) mass is 168 g/mol. The standard InChI is InChI=1S/C8H12N2O2/c1-9(11)7-3-5-8(6-4-7)10(2)12/h3,5H,4,6H2,1-2H3/q-2. The molecule has 68 valence electrons. The summed E-state index contributed by atoms with van der Waals surface area (Å²) in [5.41, 5.74) is 1.45. The molecule has 4 heteroatoms. The van der Waals surface area contributed by atoms with Gasteiger partial charge in [0.15, 0.2) is 0 Å². The van der Waals surface area contributed by atoms with Crippen LogP contribution in [0.3, 0.4) is 0 Å². The smallest absolute Gasteiger partial charge is 0.00280 e. The van der Waals surface area contributed by atoms with Gasteiger partial charge in [-0.15, -0.1) is 0 Å². The zero-order chi connectivity index (χ0) is 9.14. The van der Waals surface area contributed by atoms with Crippen LogP contribution in [-0.2, 0) is 0 Å². The number of hydrogen-bond donors (Lipinski definition) is 0. The van der Waals surface area contributed by atoms with E-state index in [0.29, 0.717) is 12.8 Å². The molecule has 0 saturated carbocycles. The van der Waals surface area contributed by atoms with Crippen molar-refractivity contribution in [2.75, 3.05) is 14.1 Å². The van der Waals surface area contributed by atoms with E-state index in [1.54, 1.807) is 12.2 Å². The van der Waals surface area contributed by atoms with Gasteiger partial charge < -0.3 is 20.5 Å². The van der Waals surface area contributed by atoms with Gasteiger partial charge in [-0.3, -0.25) is 0 Å². The van der Waals surface area contributed by atoms with Crippen LogP contribution in [-0.4, -0.2) is 24.2 Å². The van der Waals surface area contributed by atoms with Crippen LogP contribution in [0.5, 0.6) is 0 Å². The molecule has 0 aromatic heterocycles. The van der Waals surface area contributed by atoms with E-state index in [0.717, 1.165) is 21.5 Å². The molecule has 0 amide bonds. The third-order valence-corrected chi connectivity index (χ3v) is 1.91. The summed E-state index contributed by atoms with van der Waals surface area (Å²) in [5.74, 6) is 0. The molecule has 0 spiro atoms. The van der Waals surface area contributed by atoms with Crippen molar-refractivity contribution in [3.8, 4) is 0 Å². The highest BCUT2D eigenvalue weighted by molar-refractivity contribution is 5.22. The molecule has 12 heavy (non-hydrogen) atoms. The van der Waals surface area contributed by atoms with E-state index >= 15 is 0 Å². The minimum atomic E-state index is 0.651. The van der Waals surface area contributed by atoms with Crippen LogP contribution < -0.4 is 0 Å². The Bertz CT molecular complexity index is 195. The minimum Gasteiger partial charge on any atom is -0.759 e. The second kappa shape index (κ2) is 3.60. The van der Waals surface area contributed by atoms with Gasteiger partial charge in [-0.1, -0.05) is 0 Å². The van der Waals surface area contributed by atoms with Crippen LogP contribution >= 0.6 is 0 Å². The van der Waals surface area contributed by atoms with Crippen LogP contribution in [0.1, 0.15) is 12.8 Å². The molecule has 1 rings (SSSR count). The third-order valence-electron chi connectivity index (χ3n) is 1.91. The lowest BCUT2D eigenvalue weighted by Crippen LogP contribution is -2.15. The third kappa shape index (κ3) is 1.99. The van der Waals surface area contributed by atoms with Gasteiger partial charge in [-0.05, 0) is 39.1 Å². The van der Waals surface area contributed by atoms with Gasteiger partial charge in [0.05, 0.1) is 0 Å². The average Bonchev–Trinajstić information content (AvgIpc) is 2.04. The van der Waals surface area contributed by atoms with E-state index in [-0.39, 0.29) is 0 Å². The quantitative estimate of drug-likeness (QED) is 0.585. The molecule has 0 atom stereocenters. The molecule has 0 fully saturated rings. The molecule has 1 aliphatic carbocycles. The van der Waals surface area contributed by atoms with E-state index in [9.17, 15) is 10.4 Å². The largest absolute Gasteiger partial charge is 0.759 e. The van der Waals surface area contributed by atoms with Crippen molar-refractivity contribution in [1.29, 1.82) is 0 Å². The summed E-state index contributed by atoms with van der Waals surface area (Å²) in [7, 11) is 2.93. The Morgan fingerprint density at radius 2 is 1.33 bits per heavy atom. The van der Waals surface area contributed by atoms with Crippen molar-refractivity contribution in [1.82, 2.24) is 10.1 Å². The Kier molecular flexibility index (Phi) is 2.73. The fourth-order valence-corrected chi connectivity index (χ4v) is 1.14. The summed E-state index contributed by atoms with van der Waals surface area (Å²) in [6, 6.07) is 0. The topological polar surface area (TPSA) is 52.6 Å². The van der Waals surface area contributed by atoms with E-state index in [1.165, 1.54) is 14.1 Å². The SMILES string of the molecule is CN([O-])C1=CC=C(N(C)[O-])CC1. The predicted octanol–water partition coefficient (Wildman–Crippen LogP) is 1.41. The molecule has 0 aromatic rings. The molecule has 0 unspecified atom stereocenters. The summed E-state index contributed by atoms with van der Waals surface area (Å²) >= 11 is 0. The Labute approximate surface area is 71.9 Å². The first kappa shape index (κ1) is 9.09. The highest BCUT2D eigenvalue weighted by Crippen LogP contribution is 2.20. The van der Waals surface area contributed by atoms with Gasteiger partial charge >= 0.3 is 0 Å².